The summed E-state index contributed by atoms with van der Waals surface area (Å²) in [6.07, 6.45) is 5.28. The third-order valence-corrected chi connectivity index (χ3v) is 3.15. The van der Waals surface area contributed by atoms with E-state index in [1.165, 1.54) is 9.75 Å². The van der Waals surface area contributed by atoms with Crippen molar-refractivity contribution in [1.82, 2.24) is 4.90 Å². The maximum Gasteiger partial charge on any atom is 0.0601 e. The highest BCUT2D eigenvalue weighted by Gasteiger charge is 2.04. The second-order valence-corrected chi connectivity index (χ2v) is 4.33. The third-order valence-electron chi connectivity index (χ3n) is 2.06. The quantitative estimate of drug-likeness (QED) is 0.746. The highest BCUT2D eigenvalue weighted by atomic mass is 32.1. The molecule has 3 heteroatoms. The topological polar surface area (TPSA) is 29.3 Å². The first kappa shape index (κ1) is 11.3. The van der Waals surface area contributed by atoms with Crippen molar-refractivity contribution in [2.75, 3.05) is 13.1 Å². The van der Waals surface area contributed by atoms with Crippen LogP contribution in [0.5, 0.6) is 0 Å². The van der Waals surface area contributed by atoms with Crippen LogP contribution < -0.4 is 5.73 Å². The van der Waals surface area contributed by atoms with Crippen molar-refractivity contribution in [2.45, 2.75) is 20.0 Å². The van der Waals surface area contributed by atoms with E-state index in [9.17, 15) is 0 Å². The van der Waals surface area contributed by atoms with Gasteiger partial charge in [0.25, 0.3) is 0 Å². The summed E-state index contributed by atoms with van der Waals surface area (Å²) < 4.78 is 0. The molecule has 2 N–H and O–H groups in total. The molecule has 0 aromatic carbocycles. The van der Waals surface area contributed by atoms with Gasteiger partial charge in [0.1, 0.15) is 0 Å². The van der Waals surface area contributed by atoms with Crippen molar-refractivity contribution >= 4 is 11.3 Å². The number of hydrogen-bond acceptors (Lipinski definition) is 3. The van der Waals surface area contributed by atoms with E-state index in [-0.39, 0.29) is 0 Å². The average Bonchev–Trinajstić information content (AvgIpc) is 2.65. The fourth-order valence-corrected chi connectivity index (χ4v) is 2.19. The standard InChI is InChI=1S/C11H16N2S/c1-3-7-13(4-2)9-11-6-5-10(8-12)14-11/h1,5-6H,4,7-9,12H2,2H3. The van der Waals surface area contributed by atoms with Crippen LogP contribution in [-0.4, -0.2) is 18.0 Å². The molecule has 14 heavy (non-hydrogen) atoms. The van der Waals surface area contributed by atoms with Gasteiger partial charge in [0.15, 0.2) is 0 Å². The van der Waals surface area contributed by atoms with Gasteiger partial charge in [-0.2, -0.15) is 0 Å². The Balaban J connectivity index is 2.54. The van der Waals surface area contributed by atoms with Crippen LogP contribution in [0.2, 0.25) is 0 Å². The van der Waals surface area contributed by atoms with E-state index < -0.39 is 0 Å². The summed E-state index contributed by atoms with van der Waals surface area (Å²) in [5.74, 6) is 2.67. The molecule has 0 aliphatic rings. The van der Waals surface area contributed by atoms with Crippen LogP contribution in [0.15, 0.2) is 12.1 Å². The molecule has 0 fully saturated rings. The molecule has 2 nitrogen and oxygen atoms in total. The predicted octanol–water partition coefficient (Wildman–Crippen LogP) is 1.66. The van der Waals surface area contributed by atoms with Crippen LogP contribution in [0.4, 0.5) is 0 Å². The molecule has 0 spiro atoms. The van der Waals surface area contributed by atoms with Crippen LogP contribution in [0.1, 0.15) is 16.7 Å². The Labute approximate surface area is 89.7 Å². The molecule has 1 rings (SSSR count). The number of terminal acetylenes is 1. The van der Waals surface area contributed by atoms with E-state index >= 15 is 0 Å². The Hall–Kier alpha value is -0.820. The maximum absolute atomic E-state index is 5.55. The third kappa shape index (κ3) is 3.15. The van der Waals surface area contributed by atoms with Crippen LogP contribution in [-0.2, 0) is 13.1 Å². The number of nitrogens with zero attached hydrogens (tertiary/aromatic N) is 1. The molecule has 1 aromatic heterocycles. The maximum atomic E-state index is 5.55. The minimum Gasteiger partial charge on any atom is -0.326 e. The van der Waals surface area contributed by atoms with Gasteiger partial charge in [-0.25, -0.2) is 0 Å². The Kier molecular flexibility index (Phi) is 4.68. The average molecular weight is 208 g/mol. The summed E-state index contributed by atoms with van der Waals surface area (Å²) in [6, 6.07) is 4.22. The van der Waals surface area contributed by atoms with Gasteiger partial charge in [0.2, 0.25) is 0 Å². The van der Waals surface area contributed by atoms with Crippen molar-refractivity contribution in [2.24, 2.45) is 5.73 Å². The molecule has 0 atom stereocenters. The molecule has 1 aromatic rings. The molecule has 0 radical (unpaired) electrons. The van der Waals surface area contributed by atoms with Gasteiger partial charge >= 0.3 is 0 Å². The number of thiophene rings is 1. The molecular formula is C11H16N2S. The van der Waals surface area contributed by atoms with E-state index in [1.54, 1.807) is 11.3 Å². The zero-order chi connectivity index (χ0) is 10.4. The van der Waals surface area contributed by atoms with E-state index in [1.807, 2.05) is 0 Å². The van der Waals surface area contributed by atoms with E-state index in [0.717, 1.165) is 13.1 Å². The van der Waals surface area contributed by atoms with Crippen molar-refractivity contribution in [1.29, 1.82) is 0 Å². The van der Waals surface area contributed by atoms with Gasteiger partial charge in [0, 0.05) is 22.8 Å². The molecule has 0 bridgehead atoms. The lowest BCUT2D eigenvalue weighted by molar-refractivity contribution is 0.319. The largest absolute Gasteiger partial charge is 0.326 e. The number of rotatable bonds is 5. The minimum absolute atomic E-state index is 0.631. The van der Waals surface area contributed by atoms with Crippen LogP contribution in [0.3, 0.4) is 0 Å². The van der Waals surface area contributed by atoms with Crippen molar-refractivity contribution in [3.05, 3.63) is 21.9 Å². The molecule has 1 heterocycles. The van der Waals surface area contributed by atoms with Crippen molar-refractivity contribution in [3.8, 4) is 12.3 Å². The SMILES string of the molecule is C#CCN(CC)Cc1ccc(CN)s1. The lowest BCUT2D eigenvalue weighted by Crippen LogP contribution is -2.22. The monoisotopic (exact) mass is 208 g/mol. The first-order valence-corrected chi connectivity index (χ1v) is 5.55. The second-order valence-electron chi connectivity index (χ2n) is 3.08. The molecule has 0 saturated carbocycles. The van der Waals surface area contributed by atoms with E-state index in [0.29, 0.717) is 13.1 Å². The first-order valence-electron chi connectivity index (χ1n) is 4.73. The van der Waals surface area contributed by atoms with Crippen LogP contribution >= 0.6 is 11.3 Å². The van der Waals surface area contributed by atoms with E-state index in [4.69, 9.17) is 12.2 Å². The first-order chi connectivity index (χ1) is 6.80. The van der Waals surface area contributed by atoms with E-state index in [2.05, 4.69) is 29.9 Å². The molecule has 0 aliphatic heterocycles. The van der Waals surface area contributed by atoms with Crippen molar-refractivity contribution < 1.29 is 0 Å². The molecule has 0 saturated heterocycles. The zero-order valence-electron chi connectivity index (χ0n) is 8.49. The number of nitrogens with two attached hydrogens (primary N) is 1. The highest BCUT2D eigenvalue weighted by Crippen LogP contribution is 2.17. The normalized spacial score (nSPS) is 10.4. The second kappa shape index (κ2) is 5.82. The van der Waals surface area contributed by atoms with Gasteiger partial charge in [0.05, 0.1) is 6.54 Å². The molecule has 0 amide bonds. The smallest absolute Gasteiger partial charge is 0.0601 e. The van der Waals surface area contributed by atoms with Gasteiger partial charge in [-0.15, -0.1) is 17.8 Å². The zero-order valence-corrected chi connectivity index (χ0v) is 9.31. The molecular weight excluding hydrogens is 192 g/mol. The fourth-order valence-electron chi connectivity index (χ4n) is 1.25. The highest BCUT2D eigenvalue weighted by molar-refractivity contribution is 7.11. The lowest BCUT2D eigenvalue weighted by atomic mass is 10.4. The predicted molar refractivity (Wildman–Crippen MR) is 62.0 cm³/mol. The Bertz CT molecular complexity index is 311. The van der Waals surface area contributed by atoms with Gasteiger partial charge in [-0.3, -0.25) is 4.90 Å². The number of hydrogen-bond donors (Lipinski definition) is 1. The fraction of sp³-hybridized carbons (Fsp3) is 0.455. The Morgan fingerprint density at radius 2 is 2.21 bits per heavy atom. The summed E-state index contributed by atoms with van der Waals surface area (Å²) in [4.78, 5) is 4.80. The summed E-state index contributed by atoms with van der Waals surface area (Å²) in [5.41, 5.74) is 5.55. The van der Waals surface area contributed by atoms with Gasteiger partial charge in [-0.1, -0.05) is 12.8 Å². The minimum atomic E-state index is 0.631. The molecule has 0 aliphatic carbocycles. The summed E-state index contributed by atoms with van der Waals surface area (Å²) >= 11 is 1.77. The van der Waals surface area contributed by atoms with Crippen LogP contribution in [0.25, 0.3) is 0 Å². The van der Waals surface area contributed by atoms with Gasteiger partial charge in [-0.05, 0) is 18.7 Å². The lowest BCUT2D eigenvalue weighted by Gasteiger charge is -2.15. The van der Waals surface area contributed by atoms with Gasteiger partial charge < -0.3 is 5.73 Å². The summed E-state index contributed by atoms with van der Waals surface area (Å²) in [7, 11) is 0. The molecule has 0 unspecified atom stereocenters. The summed E-state index contributed by atoms with van der Waals surface area (Å²) in [5, 5.41) is 0. The summed E-state index contributed by atoms with van der Waals surface area (Å²) in [6.45, 7) is 5.39. The molecule has 76 valence electrons. The Morgan fingerprint density at radius 1 is 1.50 bits per heavy atom. The Morgan fingerprint density at radius 3 is 2.71 bits per heavy atom. The van der Waals surface area contributed by atoms with Crippen molar-refractivity contribution in [3.63, 3.8) is 0 Å². The van der Waals surface area contributed by atoms with Crippen LogP contribution in [0, 0.1) is 12.3 Å².